The average molecular weight is 302 g/mol. The Labute approximate surface area is 131 Å². The maximum absolute atomic E-state index is 12.2. The number of carbonyl (C=O) groups excluding carboxylic acids is 2. The molecule has 2 atom stereocenters. The van der Waals surface area contributed by atoms with Crippen molar-refractivity contribution >= 4 is 11.9 Å². The number of ether oxygens (including phenoxy) is 2. The molecule has 4 nitrogen and oxygen atoms in total. The van der Waals surface area contributed by atoms with Gasteiger partial charge in [-0.25, -0.2) is 4.79 Å². The molecular weight excluding hydrogens is 280 g/mol. The van der Waals surface area contributed by atoms with Gasteiger partial charge in [-0.3, -0.25) is 4.79 Å². The highest BCUT2D eigenvalue weighted by molar-refractivity contribution is 5.82. The van der Waals surface area contributed by atoms with E-state index in [1.54, 1.807) is 19.9 Å². The molecule has 0 saturated heterocycles. The normalized spacial score (nSPS) is 20.5. The summed E-state index contributed by atoms with van der Waals surface area (Å²) >= 11 is 0. The highest BCUT2D eigenvalue weighted by atomic mass is 16.5. The third-order valence-corrected chi connectivity index (χ3v) is 3.89. The summed E-state index contributed by atoms with van der Waals surface area (Å²) in [6, 6.07) is 8.10. The molecule has 0 heterocycles. The Morgan fingerprint density at radius 3 is 2.36 bits per heavy atom. The number of carbonyl (C=O) groups is 2. The van der Waals surface area contributed by atoms with Gasteiger partial charge in [0.1, 0.15) is 0 Å². The second kappa shape index (κ2) is 7.78. The van der Waals surface area contributed by atoms with E-state index in [0.717, 1.165) is 6.42 Å². The Morgan fingerprint density at radius 2 is 1.73 bits per heavy atom. The first kappa shape index (κ1) is 16.3. The monoisotopic (exact) mass is 302 g/mol. The molecule has 0 amide bonds. The number of hydrogen-bond donors (Lipinski definition) is 0. The van der Waals surface area contributed by atoms with Crippen molar-refractivity contribution in [2.45, 2.75) is 26.7 Å². The SMILES string of the molecule is CCOC(=O)C=CC1Cc2ccccc2CC1C(=O)OCC. The first-order chi connectivity index (χ1) is 10.7. The fraction of sp³-hybridized carbons (Fsp3) is 0.444. The van der Waals surface area contributed by atoms with Gasteiger partial charge in [-0.1, -0.05) is 30.3 Å². The molecule has 0 fully saturated rings. The Bertz CT molecular complexity index is 562. The molecule has 2 unspecified atom stereocenters. The molecule has 0 radical (unpaired) electrons. The molecule has 2 rings (SSSR count). The van der Waals surface area contributed by atoms with Gasteiger partial charge in [0.2, 0.25) is 0 Å². The van der Waals surface area contributed by atoms with E-state index in [0.29, 0.717) is 19.6 Å². The van der Waals surface area contributed by atoms with Gasteiger partial charge in [-0.05, 0) is 43.7 Å². The van der Waals surface area contributed by atoms with E-state index in [4.69, 9.17) is 9.47 Å². The van der Waals surface area contributed by atoms with Crippen LogP contribution in [0.5, 0.6) is 0 Å². The van der Waals surface area contributed by atoms with E-state index in [1.165, 1.54) is 17.2 Å². The Kier molecular flexibility index (Phi) is 5.75. The third kappa shape index (κ3) is 3.97. The van der Waals surface area contributed by atoms with Crippen molar-refractivity contribution in [2.75, 3.05) is 13.2 Å². The molecule has 0 aliphatic heterocycles. The van der Waals surface area contributed by atoms with E-state index in [1.807, 2.05) is 18.2 Å². The minimum atomic E-state index is -0.371. The molecule has 0 aromatic heterocycles. The number of rotatable bonds is 5. The minimum absolute atomic E-state index is 0.0432. The topological polar surface area (TPSA) is 52.6 Å². The van der Waals surface area contributed by atoms with E-state index in [2.05, 4.69) is 6.07 Å². The highest BCUT2D eigenvalue weighted by Crippen LogP contribution is 2.32. The molecule has 1 aromatic rings. The molecule has 0 N–H and O–H groups in total. The summed E-state index contributed by atoms with van der Waals surface area (Å²) in [6.45, 7) is 4.28. The van der Waals surface area contributed by atoms with Crippen LogP contribution in [0.1, 0.15) is 25.0 Å². The van der Waals surface area contributed by atoms with Crippen LogP contribution in [0.3, 0.4) is 0 Å². The van der Waals surface area contributed by atoms with Gasteiger partial charge in [0.25, 0.3) is 0 Å². The van der Waals surface area contributed by atoms with Gasteiger partial charge in [-0.2, -0.15) is 0 Å². The maximum atomic E-state index is 12.2. The largest absolute Gasteiger partial charge is 0.466 e. The van der Waals surface area contributed by atoms with Crippen LogP contribution in [-0.2, 0) is 31.9 Å². The van der Waals surface area contributed by atoms with Gasteiger partial charge in [0.15, 0.2) is 0 Å². The number of fused-ring (bicyclic) bond motifs is 1. The summed E-state index contributed by atoms with van der Waals surface area (Å²) in [4.78, 5) is 23.7. The lowest BCUT2D eigenvalue weighted by molar-refractivity contribution is -0.149. The zero-order valence-corrected chi connectivity index (χ0v) is 13.1. The van der Waals surface area contributed by atoms with Gasteiger partial charge in [0.05, 0.1) is 19.1 Å². The Balaban J connectivity index is 2.19. The molecule has 1 aromatic carbocycles. The van der Waals surface area contributed by atoms with Crippen molar-refractivity contribution in [1.82, 2.24) is 0 Å². The van der Waals surface area contributed by atoms with Crippen molar-refractivity contribution < 1.29 is 19.1 Å². The smallest absolute Gasteiger partial charge is 0.330 e. The first-order valence-electron chi connectivity index (χ1n) is 7.74. The standard InChI is InChI=1S/C18H22O4/c1-3-21-17(19)10-9-15-11-13-7-5-6-8-14(13)12-16(15)18(20)22-4-2/h5-10,15-16H,3-4,11-12H2,1-2H3. The average Bonchev–Trinajstić information content (AvgIpc) is 2.52. The number of hydrogen-bond acceptors (Lipinski definition) is 4. The summed E-state index contributed by atoms with van der Waals surface area (Å²) in [6.07, 6.45) is 4.59. The molecule has 22 heavy (non-hydrogen) atoms. The second-order valence-electron chi connectivity index (χ2n) is 5.31. The van der Waals surface area contributed by atoms with Gasteiger partial charge in [-0.15, -0.1) is 0 Å². The molecule has 1 aliphatic carbocycles. The van der Waals surface area contributed by atoms with E-state index in [9.17, 15) is 9.59 Å². The lowest BCUT2D eigenvalue weighted by Crippen LogP contribution is -2.32. The summed E-state index contributed by atoms with van der Waals surface area (Å²) in [5, 5.41) is 0. The van der Waals surface area contributed by atoms with E-state index < -0.39 is 0 Å². The summed E-state index contributed by atoms with van der Waals surface area (Å²) in [5.74, 6) is -0.863. The summed E-state index contributed by atoms with van der Waals surface area (Å²) in [7, 11) is 0. The van der Waals surface area contributed by atoms with Crippen molar-refractivity contribution in [3.8, 4) is 0 Å². The summed E-state index contributed by atoms with van der Waals surface area (Å²) < 4.78 is 10.1. The van der Waals surface area contributed by atoms with Crippen molar-refractivity contribution in [3.05, 3.63) is 47.5 Å². The lowest BCUT2D eigenvalue weighted by Gasteiger charge is -2.29. The van der Waals surface area contributed by atoms with Crippen LogP contribution in [0, 0.1) is 11.8 Å². The zero-order valence-electron chi connectivity index (χ0n) is 13.1. The van der Waals surface area contributed by atoms with E-state index >= 15 is 0 Å². The summed E-state index contributed by atoms with van der Waals surface area (Å²) in [5.41, 5.74) is 2.41. The molecule has 118 valence electrons. The molecule has 0 saturated carbocycles. The zero-order chi connectivity index (χ0) is 15.9. The second-order valence-corrected chi connectivity index (χ2v) is 5.31. The lowest BCUT2D eigenvalue weighted by atomic mass is 9.75. The number of benzene rings is 1. The molecular formula is C18H22O4. The van der Waals surface area contributed by atoms with Crippen LogP contribution in [0.4, 0.5) is 0 Å². The van der Waals surface area contributed by atoms with Crippen molar-refractivity contribution in [1.29, 1.82) is 0 Å². The third-order valence-electron chi connectivity index (χ3n) is 3.89. The fourth-order valence-electron chi connectivity index (χ4n) is 2.84. The molecule has 0 spiro atoms. The minimum Gasteiger partial charge on any atom is -0.466 e. The van der Waals surface area contributed by atoms with Crippen LogP contribution in [0.2, 0.25) is 0 Å². The Hall–Kier alpha value is -2.10. The molecule has 0 bridgehead atoms. The quantitative estimate of drug-likeness (QED) is 0.620. The fourth-order valence-corrected chi connectivity index (χ4v) is 2.84. The number of allylic oxidation sites excluding steroid dienone is 1. The van der Waals surface area contributed by atoms with Gasteiger partial charge in [0, 0.05) is 6.08 Å². The van der Waals surface area contributed by atoms with Crippen LogP contribution in [0.25, 0.3) is 0 Å². The molecule has 4 heteroatoms. The van der Waals surface area contributed by atoms with Crippen LogP contribution >= 0.6 is 0 Å². The predicted molar refractivity (Wildman–Crippen MR) is 83.2 cm³/mol. The first-order valence-corrected chi connectivity index (χ1v) is 7.74. The van der Waals surface area contributed by atoms with Gasteiger partial charge < -0.3 is 9.47 Å². The van der Waals surface area contributed by atoms with Gasteiger partial charge >= 0.3 is 11.9 Å². The predicted octanol–water partition coefficient (Wildman–Crippen LogP) is 2.70. The van der Waals surface area contributed by atoms with Crippen LogP contribution < -0.4 is 0 Å². The van der Waals surface area contributed by atoms with Crippen molar-refractivity contribution in [2.24, 2.45) is 11.8 Å². The maximum Gasteiger partial charge on any atom is 0.330 e. The van der Waals surface area contributed by atoms with Crippen molar-refractivity contribution in [3.63, 3.8) is 0 Å². The molecule has 1 aliphatic rings. The highest BCUT2D eigenvalue weighted by Gasteiger charge is 2.33. The van der Waals surface area contributed by atoms with E-state index in [-0.39, 0.29) is 23.8 Å². The van der Waals surface area contributed by atoms with Crippen LogP contribution in [0.15, 0.2) is 36.4 Å². The van der Waals surface area contributed by atoms with Crippen LogP contribution in [-0.4, -0.2) is 25.2 Å². The Morgan fingerprint density at radius 1 is 1.09 bits per heavy atom. The number of esters is 2.